The van der Waals surface area contributed by atoms with Crippen molar-refractivity contribution >= 4 is 16.7 Å². The van der Waals surface area contributed by atoms with Crippen LogP contribution in [-0.4, -0.2) is 35.9 Å². The molecule has 142 valence electrons. The molecule has 0 spiro atoms. The topological polar surface area (TPSA) is 86.5 Å². The molecule has 2 N–H and O–H groups in total. The summed E-state index contributed by atoms with van der Waals surface area (Å²) in [6.07, 6.45) is 3.69. The van der Waals surface area contributed by atoms with Crippen LogP contribution in [-0.2, 0) is 6.54 Å². The van der Waals surface area contributed by atoms with Gasteiger partial charge in [0.05, 0.1) is 22.8 Å². The molecule has 4 aromatic rings. The highest BCUT2D eigenvalue weighted by molar-refractivity contribution is 5.75. The first kappa shape index (κ1) is 16.9. The number of aryl methyl sites for hydroxylation is 1. The lowest BCUT2D eigenvalue weighted by molar-refractivity contribution is 0.238. The number of fused-ring (bicyclic) bond motifs is 2. The third-order valence-corrected chi connectivity index (χ3v) is 5.42. The predicted molar refractivity (Wildman–Crippen MR) is 106 cm³/mol. The third kappa shape index (κ3) is 2.84. The second kappa shape index (κ2) is 6.45. The number of nitrogens with one attached hydrogen (secondary N) is 1. The fraction of sp³-hybridized carbons (Fsp3) is 0.286. The quantitative estimate of drug-likeness (QED) is 0.575. The Hall–Kier alpha value is -3.19. The number of aromatic nitrogens is 4. The number of aromatic hydroxyl groups is 1. The monoisotopic (exact) mass is 375 g/mol. The molecule has 0 amide bonds. The number of rotatable bonds is 3. The average molecular weight is 375 g/mol. The van der Waals surface area contributed by atoms with Crippen LogP contribution in [0.15, 0.2) is 47.4 Å². The second-order valence-electron chi connectivity index (χ2n) is 7.44. The first-order chi connectivity index (χ1) is 13.6. The lowest BCUT2D eigenvalue weighted by Gasteiger charge is -2.22. The molecule has 1 aromatic carbocycles. The van der Waals surface area contributed by atoms with E-state index in [1.807, 2.05) is 6.07 Å². The van der Waals surface area contributed by atoms with E-state index in [4.69, 9.17) is 4.98 Å². The minimum Gasteiger partial charge on any atom is -0.504 e. The van der Waals surface area contributed by atoms with E-state index >= 15 is 0 Å². The third-order valence-electron chi connectivity index (χ3n) is 5.42. The Balaban J connectivity index is 1.48. The fourth-order valence-corrected chi connectivity index (χ4v) is 4.07. The van der Waals surface area contributed by atoms with Gasteiger partial charge in [-0.15, -0.1) is 0 Å². The van der Waals surface area contributed by atoms with Crippen molar-refractivity contribution in [3.63, 3.8) is 0 Å². The summed E-state index contributed by atoms with van der Waals surface area (Å²) < 4.78 is 1.36. The van der Waals surface area contributed by atoms with Gasteiger partial charge >= 0.3 is 0 Å². The Labute approximate surface area is 161 Å². The zero-order chi connectivity index (χ0) is 19.3. The maximum Gasteiger partial charge on any atom is 0.258 e. The van der Waals surface area contributed by atoms with Crippen LogP contribution in [0, 0.1) is 6.92 Å². The van der Waals surface area contributed by atoms with E-state index in [1.54, 1.807) is 24.4 Å². The lowest BCUT2D eigenvalue weighted by atomic mass is 10.2. The summed E-state index contributed by atoms with van der Waals surface area (Å²) >= 11 is 0. The van der Waals surface area contributed by atoms with Gasteiger partial charge in [0.1, 0.15) is 5.82 Å². The van der Waals surface area contributed by atoms with Gasteiger partial charge in [-0.05, 0) is 56.1 Å². The molecule has 1 atom stereocenters. The lowest BCUT2D eigenvalue weighted by Crippen LogP contribution is -2.26. The van der Waals surface area contributed by atoms with Crippen LogP contribution in [0.25, 0.3) is 16.7 Å². The van der Waals surface area contributed by atoms with Gasteiger partial charge in [-0.1, -0.05) is 6.07 Å². The number of likely N-dealkylation sites (tertiary alicyclic amines) is 1. The van der Waals surface area contributed by atoms with Crippen molar-refractivity contribution in [2.75, 3.05) is 6.54 Å². The van der Waals surface area contributed by atoms with E-state index in [-0.39, 0.29) is 17.4 Å². The molecular weight excluding hydrogens is 354 g/mol. The van der Waals surface area contributed by atoms with Crippen LogP contribution in [0.1, 0.15) is 36.0 Å². The second-order valence-corrected chi connectivity index (χ2v) is 7.44. The van der Waals surface area contributed by atoms with Crippen LogP contribution in [0.4, 0.5) is 0 Å². The Morgan fingerprint density at radius 3 is 3.04 bits per heavy atom. The normalized spacial score (nSPS) is 17.7. The molecule has 7 nitrogen and oxygen atoms in total. The van der Waals surface area contributed by atoms with Crippen molar-refractivity contribution in [1.82, 2.24) is 24.3 Å². The molecule has 1 fully saturated rings. The summed E-state index contributed by atoms with van der Waals surface area (Å²) in [5, 5.41) is 10.1. The molecule has 0 bridgehead atoms. The zero-order valence-electron chi connectivity index (χ0n) is 15.6. The minimum atomic E-state index is -0.189. The molecule has 1 aliphatic heterocycles. The van der Waals surface area contributed by atoms with E-state index in [2.05, 4.69) is 33.9 Å². The molecule has 0 unspecified atom stereocenters. The average Bonchev–Trinajstić information content (AvgIpc) is 3.28. The highest BCUT2D eigenvalue weighted by Crippen LogP contribution is 2.32. The van der Waals surface area contributed by atoms with Crippen LogP contribution in [0.2, 0.25) is 0 Å². The number of hydrogen-bond acceptors (Lipinski definition) is 5. The van der Waals surface area contributed by atoms with Crippen LogP contribution < -0.4 is 5.56 Å². The molecule has 3 aromatic heterocycles. The van der Waals surface area contributed by atoms with E-state index < -0.39 is 0 Å². The number of imidazole rings is 1. The van der Waals surface area contributed by atoms with Crippen molar-refractivity contribution in [2.45, 2.75) is 32.4 Å². The number of hydrogen-bond donors (Lipinski definition) is 2. The Kier molecular flexibility index (Phi) is 3.91. The van der Waals surface area contributed by atoms with Gasteiger partial charge in [-0.3, -0.25) is 14.1 Å². The predicted octanol–water partition coefficient (Wildman–Crippen LogP) is 2.92. The maximum absolute atomic E-state index is 12.4. The van der Waals surface area contributed by atoms with Crippen LogP contribution in [0.3, 0.4) is 0 Å². The summed E-state index contributed by atoms with van der Waals surface area (Å²) in [4.78, 5) is 27.5. The van der Waals surface area contributed by atoms with E-state index in [0.29, 0.717) is 17.9 Å². The summed E-state index contributed by atoms with van der Waals surface area (Å²) in [6.45, 7) is 3.53. The van der Waals surface area contributed by atoms with Crippen molar-refractivity contribution in [3.8, 4) is 5.75 Å². The zero-order valence-corrected chi connectivity index (χ0v) is 15.6. The van der Waals surface area contributed by atoms with Gasteiger partial charge in [0.25, 0.3) is 5.56 Å². The van der Waals surface area contributed by atoms with Crippen LogP contribution >= 0.6 is 0 Å². The summed E-state index contributed by atoms with van der Waals surface area (Å²) in [5.74, 6) is 0.963. The Bertz CT molecular complexity index is 1240. The molecule has 7 heteroatoms. The van der Waals surface area contributed by atoms with Gasteiger partial charge < -0.3 is 10.1 Å². The number of H-pyrrole nitrogens is 1. The first-order valence-corrected chi connectivity index (χ1v) is 9.49. The standard InChI is InChI=1S/C21H21N5O2/c1-13-6-7-15-16(10-13)24-20(23-15)17-4-2-8-25(17)12-14-11-19(28)26-9-3-5-18(27)21(26)22-14/h3,5-7,9-11,17,27H,2,4,8,12H2,1H3,(H,23,24)/t17-/m1/s1. The number of aromatic amines is 1. The molecule has 0 radical (unpaired) electrons. The van der Waals surface area contributed by atoms with Gasteiger partial charge in [0.15, 0.2) is 11.4 Å². The van der Waals surface area contributed by atoms with Crippen molar-refractivity contribution in [2.24, 2.45) is 0 Å². The summed E-state index contributed by atoms with van der Waals surface area (Å²) in [5.41, 5.74) is 3.98. The van der Waals surface area contributed by atoms with E-state index in [1.165, 1.54) is 9.96 Å². The molecule has 0 saturated carbocycles. The molecule has 1 aliphatic rings. The van der Waals surface area contributed by atoms with Gasteiger partial charge in [0.2, 0.25) is 0 Å². The smallest absolute Gasteiger partial charge is 0.258 e. The molecule has 5 rings (SSSR count). The van der Waals surface area contributed by atoms with Crippen molar-refractivity contribution in [1.29, 1.82) is 0 Å². The highest BCUT2D eigenvalue weighted by Gasteiger charge is 2.29. The first-order valence-electron chi connectivity index (χ1n) is 9.49. The number of benzene rings is 1. The number of pyridine rings is 1. The molecular formula is C21H21N5O2. The summed E-state index contributed by atoms with van der Waals surface area (Å²) in [7, 11) is 0. The number of nitrogens with zero attached hydrogens (tertiary/aromatic N) is 4. The largest absolute Gasteiger partial charge is 0.504 e. The molecule has 0 aliphatic carbocycles. The fourth-order valence-electron chi connectivity index (χ4n) is 4.07. The molecule has 1 saturated heterocycles. The van der Waals surface area contributed by atoms with Gasteiger partial charge in [-0.25, -0.2) is 9.97 Å². The van der Waals surface area contributed by atoms with E-state index in [0.717, 1.165) is 36.2 Å². The van der Waals surface area contributed by atoms with Gasteiger partial charge in [-0.2, -0.15) is 0 Å². The van der Waals surface area contributed by atoms with Crippen molar-refractivity contribution < 1.29 is 5.11 Å². The van der Waals surface area contributed by atoms with Gasteiger partial charge in [0, 0.05) is 18.8 Å². The Morgan fingerprint density at radius 1 is 1.25 bits per heavy atom. The highest BCUT2D eigenvalue weighted by atomic mass is 16.3. The minimum absolute atomic E-state index is 0.00655. The van der Waals surface area contributed by atoms with Crippen molar-refractivity contribution in [3.05, 3.63) is 70.0 Å². The van der Waals surface area contributed by atoms with Crippen LogP contribution in [0.5, 0.6) is 5.75 Å². The SMILES string of the molecule is Cc1ccc2nc([C@H]3CCCN3Cc3cc(=O)n4cccc(O)c4n3)[nH]c2c1. The Morgan fingerprint density at radius 2 is 2.14 bits per heavy atom. The van der Waals surface area contributed by atoms with E-state index in [9.17, 15) is 9.90 Å². The maximum atomic E-state index is 12.4. The molecule has 4 heterocycles. The molecule has 28 heavy (non-hydrogen) atoms. The summed E-state index contributed by atoms with van der Waals surface area (Å²) in [6, 6.07) is 11.1.